The topological polar surface area (TPSA) is 98.7 Å². The molecule has 0 aliphatic heterocycles. The Hall–Kier alpha value is -2.55. The van der Waals surface area contributed by atoms with Crippen LogP contribution in [0.25, 0.3) is 11.4 Å². The molecule has 0 fully saturated rings. The highest BCUT2D eigenvalue weighted by Crippen LogP contribution is 2.15. The summed E-state index contributed by atoms with van der Waals surface area (Å²) >= 11 is 1.37. The normalized spacial score (nSPS) is 10.7. The van der Waals surface area contributed by atoms with Crippen LogP contribution in [0.5, 0.6) is 0 Å². The molecule has 0 radical (unpaired) electrons. The molecule has 9 heteroatoms. The fourth-order valence-electron chi connectivity index (χ4n) is 1.70. The molecule has 3 heterocycles. The van der Waals surface area contributed by atoms with E-state index in [2.05, 4.69) is 25.5 Å². The fourth-order valence-corrected chi connectivity index (χ4v) is 2.24. The maximum Gasteiger partial charge on any atom is 0.227 e. The standard InChI is InChI=1S/C12H12N6O2S/c1-18-7-8(6-14-18)11-16-10(20-17-11)3-2-9(19)15-12-13-4-5-21-12/h4-7H,2-3H2,1H3,(H,13,15,19). The molecule has 1 amide bonds. The number of hydrogen-bond acceptors (Lipinski definition) is 7. The molecule has 1 N–H and O–H groups in total. The van der Waals surface area contributed by atoms with Gasteiger partial charge in [-0.2, -0.15) is 10.1 Å². The van der Waals surface area contributed by atoms with Gasteiger partial charge in [0.25, 0.3) is 0 Å². The van der Waals surface area contributed by atoms with E-state index < -0.39 is 0 Å². The van der Waals surface area contributed by atoms with Crippen molar-refractivity contribution >= 4 is 22.4 Å². The zero-order chi connectivity index (χ0) is 14.7. The van der Waals surface area contributed by atoms with Crippen LogP contribution in [0, 0.1) is 0 Å². The Morgan fingerprint density at radius 1 is 1.52 bits per heavy atom. The highest BCUT2D eigenvalue weighted by molar-refractivity contribution is 7.13. The van der Waals surface area contributed by atoms with Crippen molar-refractivity contribution in [2.24, 2.45) is 7.05 Å². The number of hydrogen-bond donors (Lipinski definition) is 1. The summed E-state index contributed by atoms with van der Waals surface area (Å²) < 4.78 is 6.78. The first-order chi connectivity index (χ1) is 10.2. The summed E-state index contributed by atoms with van der Waals surface area (Å²) in [5, 5.41) is 13.0. The fraction of sp³-hybridized carbons (Fsp3) is 0.250. The molecular formula is C12H12N6O2S. The molecule has 3 aromatic rings. The van der Waals surface area contributed by atoms with Crippen molar-refractivity contribution in [1.82, 2.24) is 24.9 Å². The SMILES string of the molecule is Cn1cc(-c2noc(CCC(=O)Nc3nccs3)n2)cn1. The van der Waals surface area contributed by atoms with Gasteiger partial charge in [-0.05, 0) is 0 Å². The Bertz CT molecular complexity index is 733. The average molecular weight is 304 g/mol. The summed E-state index contributed by atoms with van der Waals surface area (Å²) in [4.78, 5) is 19.9. The van der Waals surface area contributed by atoms with E-state index in [1.807, 2.05) is 7.05 Å². The molecule has 0 saturated carbocycles. The van der Waals surface area contributed by atoms with E-state index in [4.69, 9.17) is 4.52 Å². The largest absolute Gasteiger partial charge is 0.339 e. The first-order valence-corrected chi connectivity index (χ1v) is 7.09. The predicted octanol–water partition coefficient (Wildman–Crippen LogP) is 1.50. The number of carbonyl (C=O) groups excluding carboxylic acids is 1. The van der Waals surface area contributed by atoms with E-state index in [1.54, 1.807) is 28.7 Å². The van der Waals surface area contributed by atoms with Crippen molar-refractivity contribution in [2.75, 3.05) is 5.32 Å². The lowest BCUT2D eigenvalue weighted by Crippen LogP contribution is -2.12. The summed E-state index contributed by atoms with van der Waals surface area (Å²) in [6.45, 7) is 0. The van der Waals surface area contributed by atoms with Gasteiger partial charge in [-0.3, -0.25) is 9.48 Å². The smallest absolute Gasteiger partial charge is 0.227 e. The Labute approximate surface area is 123 Å². The number of amides is 1. The summed E-state index contributed by atoms with van der Waals surface area (Å²) in [7, 11) is 1.81. The zero-order valence-electron chi connectivity index (χ0n) is 11.2. The van der Waals surface area contributed by atoms with Gasteiger partial charge in [0.05, 0.1) is 11.8 Å². The van der Waals surface area contributed by atoms with Crippen LogP contribution in [0.2, 0.25) is 0 Å². The summed E-state index contributed by atoms with van der Waals surface area (Å²) in [6, 6.07) is 0. The average Bonchev–Trinajstić information content (AvgIpc) is 3.17. The maximum absolute atomic E-state index is 11.7. The molecule has 21 heavy (non-hydrogen) atoms. The van der Waals surface area contributed by atoms with E-state index in [9.17, 15) is 4.79 Å². The molecule has 108 valence electrons. The maximum atomic E-state index is 11.7. The van der Waals surface area contributed by atoms with Crippen molar-refractivity contribution in [3.63, 3.8) is 0 Å². The van der Waals surface area contributed by atoms with Gasteiger partial charge < -0.3 is 9.84 Å². The third-order valence-electron chi connectivity index (χ3n) is 2.68. The van der Waals surface area contributed by atoms with E-state index in [-0.39, 0.29) is 12.3 Å². The van der Waals surface area contributed by atoms with Gasteiger partial charge in [0.15, 0.2) is 5.13 Å². The van der Waals surface area contributed by atoms with Gasteiger partial charge in [0.2, 0.25) is 17.6 Å². The van der Waals surface area contributed by atoms with Crippen LogP contribution in [0.15, 0.2) is 28.5 Å². The Balaban J connectivity index is 1.56. The quantitative estimate of drug-likeness (QED) is 0.767. The summed E-state index contributed by atoms with van der Waals surface area (Å²) in [5.41, 5.74) is 0.778. The van der Waals surface area contributed by atoms with Crippen LogP contribution in [0.3, 0.4) is 0 Å². The molecule has 0 aromatic carbocycles. The number of anilines is 1. The minimum absolute atomic E-state index is 0.133. The molecule has 8 nitrogen and oxygen atoms in total. The number of nitrogens with zero attached hydrogens (tertiary/aromatic N) is 5. The van der Waals surface area contributed by atoms with Gasteiger partial charge in [-0.25, -0.2) is 4.98 Å². The molecule has 0 spiro atoms. The highest BCUT2D eigenvalue weighted by atomic mass is 32.1. The first-order valence-electron chi connectivity index (χ1n) is 6.21. The molecule has 0 aliphatic rings. The van der Waals surface area contributed by atoms with Gasteiger partial charge in [-0.1, -0.05) is 5.16 Å². The van der Waals surface area contributed by atoms with Crippen LogP contribution in [0.1, 0.15) is 12.3 Å². The molecule has 0 aliphatic carbocycles. The second-order valence-electron chi connectivity index (χ2n) is 4.30. The third-order valence-corrected chi connectivity index (χ3v) is 3.36. The summed E-state index contributed by atoms with van der Waals surface area (Å²) in [5.74, 6) is 0.757. The Morgan fingerprint density at radius 2 is 2.43 bits per heavy atom. The number of thiazole rings is 1. The van der Waals surface area contributed by atoms with Gasteiger partial charge in [0.1, 0.15) is 0 Å². The third kappa shape index (κ3) is 3.31. The highest BCUT2D eigenvalue weighted by Gasteiger charge is 2.12. The minimum atomic E-state index is -0.133. The van der Waals surface area contributed by atoms with Gasteiger partial charge in [0, 0.05) is 37.7 Å². The van der Waals surface area contributed by atoms with E-state index in [0.717, 1.165) is 5.56 Å². The molecule has 3 aromatic heterocycles. The van der Waals surface area contributed by atoms with Crippen LogP contribution >= 0.6 is 11.3 Å². The molecule has 0 saturated heterocycles. The zero-order valence-corrected chi connectivity index (χ0v) is 12.0. The van der Waals surface area contributed by atoms with Crippen molar-refractivity contribution in [3.8, 4) is 11.4 Å². The lowest BCUT2D eigenvalue weighted by Gasteiger charge is -1.98. The number of carbonyl (C=O) groups is 1. The van der Waals surface area contributed by atoms with Crippen LogP contribution in [-0.4, -0.2) is 30.8 Å². The second-order valence-corrected chi connectivity index (χ2v) is 5.19. The van der Waals surface area contributed by atoms with Crippen LogP contribution in [0.4, 0.5) is 5.13 Å². The lowest BCUT2D eigenvalue weighted by atomic mass is 10.3. The number of rotatable bonds is 5. The van der Waals surface area contributed by atoms with E-state index >= 15 is 0 Å². The van der Waals surface area contributed by atoms with Crippen molar-refractivity contribution in [3.05, 3.63) is 29.9 Å². The van der Waals surface area contributed by atoms with Crippen molar-refractivity contribution in [1.29, 1.82) is 0 Å². The Kier molecular flexibility index (Phi) is 3.73. The molecule has 0 bridgehead atoms. The lowest BCUT2D eigenvalue weighted by molar-refractivity contribution is -0.116. The van der Waals surface area contributed by atoms with Crippen molar-refractivity contribution in [2.45, 2.75) is 12.8 Å². The van der Waals surface area contributed by atoms with Crippen LogP contribution in [-0.2, 0) is 18.3 Å². The van der Waals surface area contributed by atoms with Crippen LogP contribution < -0.4 is 5.32 Å². The number of nitrogens with one attached hydrogen (secondary N) is 1. The van der Waals surface area contributed by atoms with Crippen molar-refractivity contribution < 1.29 is 9.32 Å². The number of aryl methyl sites for hydroxylation is 2. The monoisotopic (exact) mass is 304 g/mol. The molecule has 0 unspecified atom stereocenters. The summed E-state index contributed by atoms with van der Waals surface area (Å²) in [6.07, 6.45) is 5.73. The predicted molar refractivity (Wildman–Crippen MR) is 75.6 cm³/mol. The molecule has 0 atom stereocenters. The number of aromatic nitrogens is 5. The molecule has 3 rings (SSSR count). The van der Waals surface area contributed by atoms with Gasteiger partial charge >= 0.3 is 0 Å². The van der Waals surface area contributed by atoms with E-state index in [0.29, 0.717) is 23.3 Å². The second kappa shape index (κ2) is 5.83. The first kappa shape index (κ1) is 13.4. The van der Waals surface area contributed by atoms with Gasteiger partial charge in [-0.15, -0.1) is 11.3 Å². The van der Waals surface area contributed by atoms with E-state index in [1.165, 1.54) is 11.3 Å². The molecular weight excluding hydrogens is 292 g/mol. The Morgan fingerprint density at radius 3 is 3.14 bits per heavy atom. The minimum Gasteiger partial charge on any atom is -0.339 e.